The number of hydrogen-bond acceptors (Lipinski definition) is 5. The molecule has 0 amide bonds. The number of rotatable bonds is 4. The van der Waals surface area contributed by atoms with Gasteiger partial charge in [0.15, 0.2) is 0 Å². The first kappa shape index (κ1) is 12.1. The Hall–Kier alpha value is -1.33. The quantitative estimate of drug-likeness (QED) is 0.895. The Bertz CT molecular complexity index is 512. The lowest BCUT2D eigenvalue weighted by atomic mass is 10.4. The zero-order chi connectivity index (χ0) is 12.3. The second kappa shape index (κ2) is 5.33. The van der Waals surface area contributed by atoms with E-state index < -0.39 is 0 Å². The Labute approximate surface area is 109 Å². The summed E-state index contributed by atoms with van der Waals surface area (Å²) in [6.07, 6.45) is 0.768. The van der Waals surface area contributed by atoms with E-state index in [4.69, 9.17) is 17.3 Å². The van der Waals surface area contributed by atoms with Gasteiger partial charge in [-0.05, 0) is 12.1 Å². The van der Waals surface area contributed by atoms with E-state index in [-0.39, 0.29) is 0 Å². The van der Waals surface area contributed by atoms with E-state index in [1.807, 2.05) is 19.1 Å². The summed E-state index contributed by atoms with van der Waals surface area (Å²) in [5.41, 5.74) is 5.70. The maximum Gasteiger partial charge on any atom is 0.132 e. The van der Waals surface area contributed by atoms with Gasteiger partial charge in [-0.3, -0.25) is 0 Å². The summed E-state index contributed by atoms with van der Waals surface area (Å²) in [7, 11) is 0. The molecule has 0 radical (unpaired) electrons. The predicted octanol–water partition coefficient (Wildman–Crippen LogP) is 2.95. The van der Waals surface area contributed by atoms with Crippen LogP contribution in [0, 0.1) is 0 Å². The van der Waals surface area contributed by atoms with Crippen LogP contribution < -0.4 is 11.1 Å². The molecule has 0 atom stereocenters. The average molecular weight is 269 g/mol. The first-order valence-corrected chi connectivity index (χ1v) is 6.48. The van der Waals surface area contributed by atoms with Crippen molar-refractivity contribution in [3.63, 3.8) is 0 Å². The Morgan fingerprint density at radius 1 is 1.41 bits per heavy atom. The highest BCUT2D eigenvalue weighted by molar-refractivity contribution is 7.16. The number of nitrogen functional groups attached to an aromatic ring is 1. The van der Waals surface area contributed by atoms with Crippen molar-refractivity contribution in [1.82, 2.24) is 9.97 Å². The molecule has 4 nitrogen and oxygen atoms in total. The zero-order valence-electron chi connectivity index (χ0n) is 9.40. The maximum absolute atomic E-state index is 5.86. The lowest BCUT2D eigenvalue weighted by molar-refractivity contribution is 0.939. The third-order valence-electron chi connectivity index (χ3n) is 2.18. The van der Waals surface area contributed by atoms with Crippen molar-refractivity contribution in [2.45, 2.75) is 19.9 Å². The first-order chi connectivity index (χ1) is 8.17. The number of anilines is 2. The number of nitrogens with one attached hydrogen (secondary N) is 1. The summed E-state index contributed by atoms with van der Waals surface area (Å²) in [5, 5.41) is 3.21. The number of nitrogens with two attached hydrogens (primary N) is 1. The Balaban J connectivity index is 2.05. The fourth-order valence-corrected chi connectivity index (χ4v) is 2.42. The van der Waals surface area contributed by atoms with Crippen LogP contribution in [0.3, 0.4) is 0 Å². The van der Waals surface area contributed by atoms with Crippen LogP contribution in [-0.2, 0) is 13.0 Å². The van der Waals surface area contributed by atoms with Gasteiger partial charge < -0.3 is 11.1 Å². The summed E-state index contributed by atoms with van der Waals surface area (Å²) in [4.78, 5) is 9.62. The summed E-state index contributed by atoms with van der Waals surface area (Å²) >= 11 is 7.41. The van der Waals surface area contributed by atoms with Crippen molar-refractivity contribution < 1.29 is 0 Å². The number of nitrogens with zero attached hydrogens (tertiary/aromatic N) is 2. The second-order valence-electron chi connectivity index (χ2n) is 3.51. The normalized spacial score (nSPS) is 10.5. The minimum Gasteiger partial charge on any atom is -0.384 e. The zero-order valence-corrected chi connectivity index (χ0v) is 11.0. The molecule has 0 fully saturated rings. The van der Waals surface area contributed by atoms with Crippen molar-refractivity contribution in [3.05, 3.63) is 33.2 Å². The van der Waals surface area contributed by atoms with E-state index in [0.29, 0.717) is 12.4 Å². The molecule has 90 valence electrons. The molecule has 0 saturated heterocycles. The third-order valence-corrected chi connectivity index (χ3v) is 3.41. The molecule has 0 spiro atoms. The Morgan fingerprint density at radius 3 is 2.88 bits per heavy atom. The summed E-state index contributed by atoms with van der Waals surface area (Å²) < 4.78 is 0.790. The monoisotopic (exact) mass is 268 g/mol. The van der Waals surface area contributed by atoms with Gasteiger partial charge in [0.2, 0.25) is 0 Å². The minimum atomic E-state index is 0.489. The van der Waals surface area contributed by atoms with Crippen LogP contribution >= 0.6 is 22.9 Å². The van der Waals surface area contributed by atoms with Crippen LogP contribution in [0.1, 0.15) is 17.6 Å². The molecule has 0 saturated carbocycles. The summed E-state index contributed by atoms with van der Waals surface area (Å²) in [5.74, 6) is 1.99. The lowest BCUT2D eigenvalue weighted by Gasteiger charge is -2.06. The maximum atomic E-state index is 5.86. The standard InChI is InChI=1S/C11H13ClN4S/c1-2-10-15-9(13)5-11(16-10)14-6-7-3-4-8(12)17-7/h3-5H,2,6H2,1H3,(H3,13,14,15,16). The topological polar surface area (TPSA) is 63.8 Å². The van der Waals surface area contributed by atoms with Gasteiger partial charge in [-0.25, -0.2) is 9.97 Å². The molecule has 17 heavy (non-hydrogen) atoms. The molecule has 0 aliphatic heterocycles. The minimum absolute atomic E-state index is 0.489. The van der Waals surface area contributed by atoms with E-state index >= 15 is 0 Å². The van der Waals surface area contributed by atoms with Crippen molar-refractivity contribution in [1.29, 1.82) is 0 Å². The average Bonchev–Trinajstić information content (AvgIpc) is 2.72. The number of halogens is 1. The molecule has 0 aliphatic rings. The van der Waals surface area contributed by atoms with Crippen molar-refractivity contribution in [3.8, 4) is 0 Å². The molecule has 2 aromatic heterocycles. The van der Waals surface area contributed by atoms with E-state index in [9.17, 15) is 0 Å². The SMILES string of the molecule is CCc1nc(N)cc(NCc2ccc(Cl)s2)n1. The molecule has 3 N–H and O–H groups in total. The van der Waals surface area contributed by atoms with Crippen molar-refractivity contribution >= 4 is 34.6 Å². The fraction of sp³-hybridized carbons (Fsp3) is 0.273. The Morgan fingerprint density at radius 2 is 2.24 bits per heavy atom. The molecule has 6 heteroatoms. The van der Waals surface area contributed by atoms with Gasteiger partial charge >= 0.3 is 0 Å². The molecular weight excluding hydrogens is 256 g/mol. The summed E-state index contributed by atoms with van der Waals surface area (Å²) in [6, 6.07) is 5.61. The second-order valence-corrected chi connectivity index (χ2v) is 5.31. The van der Waals surface area contributed by atoms with Gasteiger partial charge in [-0.15, -0.1) is 11.3 Å². The molecule has 0 aliphatic carbocycles. The van der Waals surface area contributed by atoms with Gasteiger partial charge in [-0.1, -0.05) is 18.5 Å². The molecular formula is C11H13ClN4S. The molecule has 0 bridgehead atoms. The number of hydrogen-bond donors (Lipinski definition) is 2. The van der Waals surface area contributed by atoms with Crippen LogP contribution in [0.5, 0.6) is 0 Å². The molecule has 2 heterocycles. The van der Waals surface area contributed by atoms with Crippen LogP contribution in [0.15, 0.2) is 18.2 Å². The lowest BCUT2D eigenvalue weighted by Crippen LogP contribution is -2.05. The third kappa shape index (κ3) is 3.31. The summed E-state index contributed by atoms with van der Waals surface area (Å²) in [6.45, 7) is 2.69. The number of thiophene rings is 1. The Kier molecular flexibility index (Phi) is 3.81. The van der Waals surface area contributed by atoms with Gasteiger partial charge in [0.1, 0.15) is 17.5 Å². The van der Waals surface area contributed by atoms with E-state index in [2.05, 4.69) is 15.3 Å². The number of aromatic nitrogens is 2. The molecule has 2 aromatic rings. The highest BCUT2D eigenvalue weighted by atomic mass is 35.5. The van der Waals surface area contributed by atoms with Gasteiger partial charge in [0.05, 0.1) is 10.9 Å². The van der Waals surface area contributed by atoms with Crippen LogP contribution in [0.4, 0.5) is 11.6 Å². The van der Waals surface area contributed by atoms with Gasteiger partial charge in [-0.2, -0.15) is 0 Å². The van der Waals surface area contributed by atoms with E-state index in [0.717, 1.165) is 27.3 Å². The molecule has 0 unspecified atom stereocenters. The highest BCUT2D eigenvalue weighted by Gasteiger charge is 2.02. The van der Waals surface area contributed by atoms with Gasteiger partial charge in [0, 0.05) is 17.4 Å². The highest BCUT2D eigenvalue weighted by Crippen LogP contribution is 2.22. The molecule has 2 rings (SSSR count). The van der Waals surface area contributed by atoms with Crippen LogP contribution in [0.2, 0.25) is 4.34 Å². The largest absolute Gasteiger partial charge is 0.384 e. The smallest absolute Gasteiger partial charge is 0.132 e. The van der Waals surface area contributed by atoms with Crippen molar-refractivity contribution in [2.24, 2.45) is 0 Å². The van der Waals surface area contributed by atoms with E-state index in [1.165, 1.54) is 0 Å². The fourth-order valence-electron chi connectivity index (χ4n) is 1.39. The van der Waals surface area contributed by atoms with Crippen molar-refractivity contribution in [2.75, 3.05) is 11.1 Å². The van der Waals surface area contributed by atoms with Crippen LogP contribution in [-0.4, -0.2) is 9.97 Å². The predicted molar refractivity (Wildman–Crippen MR) is 72.5 cm³/mol. The van der Waals surface area contributed by atoms with Crippen LogP contribution in [0.25, 0.3) is 0 Å². The molecule has 0 aromatic carbocycles. The first-order valence-electron chi connectivity index (χ1n) is 5.29. The number of aryl methyl sites for hydroxylation is 1. The van der Waals surface area contributed by atoms with Gasteiger partial charge in [0.25, 0.3) is 0 Å². The van der Waals surface area contributed by atoms with E-state index in [1.54, 1.807) is 17.4 Å².